The molecule has 0 aliphatic carbocycles. The van der Waals surface area contributed by atoms with Crippen molar-refractivity contribution >= 4 is 5.91 Å². The fourth-order valence-electron chi connectivity index (χ4n) is 1.44. The van der Waals surface area contributed by atoms with E-state index >= 15 is 0 Å². The summed E-state index contributed by atoms with van der Waals surface area (Å²) in [6.07, 6.45) is 1.53. The molecule has 0 aliphatic heterocycles. The van der Waals surface area contributed by atoms with Gasteiger partial charge in [-0.1, -0.05) is 20.8 Å². The van der Waals surface area contributed by atoms with Crippen molar-refractivity contribution in [1.82, 2.24) is 15.5 Å². The van der Waals surface area contributed by atoms with Gasteiger partial charge in [-0.15, -0.1) is 0 Å². The third-order valence-corrected chi connectivity index (χ3v) is 2.66. The standard InChI is InChI=1S/C11H20N4O/c1-7-8(6-13-15-7)10(16)14-9(5-12)11(2,3)4/h6,9H,5,12H2,1-4H3,(H,13,15)(H,14,16). The van der Waals surface area contributed by atoms with Crippen molar-refractivity contribution < 1.29 is 4.79 Å². The topological polar surface area (TPSA) is 83.8 Å². The van der Waals surface area contributed by atoms with Gasteiger partial charge in [-0.3, -0.25) is 9.89 Å². The van der Waals surface area contributed by atoms with E-state index in [9.17, 15) is 4.79 Å². The number of aromatic amines is 1. The number of hydrogen-bond donors (Lipinski definition) is 3. The van der Waals surface area contributed by atoms with Gasteiger partial charge in [0.25, 0.3) is 5.91 Å². The first kappa shape index (κ1) is 12.7. The van der Waals surface area contributed by atoms with Gasteiger partial charge >= 0.3 is 0 Å². The molecule has 4 N–H and O–H groups in total. The minimum atomic E-state index is -0.128. The van der Waals surface area contributed by atoms with Crippen molar-refractivity contribution in [1.29, 1.82) is 0 Å². The first-order valence-electron chi connectivity index (χ1n) is 5.37. The van der Waals surface area contributed by atoms with E-state index in [1.54, 1.807) is 0 Å². The average molecular weight is 224 g/mol. The van der Waals surface area contributed by atoms with Crippen LogP contribution in [0.25, 0.3) is 0 Å². The number of rotatable bonds is 3. The SMILES string of the molecule is Cc1[nH]ncc1C(=O)NC(CN)C(C)(C)C. The van der Waals surface area contributed by atoms with Crippen LogP contribution in [0, 0.1) is 12.3 Å². The molecule has 0 fully saturated rings. The van der Waals surface area contributed by atoms with Crippen molar-refractivity contribution in [2.24, 2.45) is 11.1 Å². The highest BCUT2D eigenvalue weighted by Gasteiger charge is 2.25. The molecule has 5 heteroatoms. The van der Waals surface area contributed by atoms with Crippen LogP contribution in [0.4, 0.5) is 0 Å². The van der Waals surface area contributed by atoms with E-state index in [0.29, 0.717) is 12.1 Å². The van der Waals surface area contributed by atoms with Gasteiger partial charge in [0.1, 0.15) is 0 Å². The molecular weight excluding hydrogens is 204 g/mol. The maximum absolute atomic E-state index is 11.9. The molecular formula is C11H20N4O. The number of amides is 1. The number of hydrogen-bond acceptors (Lipinski definition) is 3. The second-order valence-electron chi connectivity index (χ2n) is 5.04. The van der Waals surface area contributed by atoms with E-state index < -0.39 is 0 Å². The Labute approximate surface area is 95.8 Å². The highest BCUT2D eigenvalue weighted by molar-refractivity contribution is 5.95. The molecule has 1 amide bonds. The van der Waals surface area contributed by atoms with Crippen molar-refractivity contribution in [2.45, 2.75) is 33.7 Å². The van der Waals surface area contributed by atoms with Gasteiger partial charge in [0.05, 0.1) is 11.8 Å². The Morgan fingerprint density at radius 2 is 2.25 bits per heavy atom. The molecule has 0 saturated carbocycles. The zero-order valence-corrected chi connectivity index (χ0v) is 10.3. The van der Waals surface area contributed by atoms with Crippen LogP contribution in [-0.4, -0.2) is 28.7 Å². The lowest BCUT2D eigenvalue weighted by Gasteiger charge is -2.30. The van der Waals surface area contributed by atoms with Gasteiger partial charge in [0.15, 0.2) is 0 Å². The van der Waals surface area contributed by atoms with Gasteiger partial charge in [0.2, 0.25) is 0 Å². The molecule has 0 spiro atoms. The summed E-state index contributed by atoms with van der Waals surface area (Å²) >= 11 is 0. The molecule has 90 valence electrons. The molecule has 16 heavy (non-hydrogen) atoms. The Bertz CT molecular complexity index is 364. The zero-order chi connectivity index (χ0) is 12.3. The van der Waals surface area contributed by atoms with Crippen LogP contribution in [0.5, 0.6) is 0 Å². The summed E-state index contributed by atoms with van der Waals surface area (Å²) in [5, 5.41) is 9.48. The lowest BCUT2D eigenvalue weighted by molar-refractivity contribution is 0.0905. The van der Waals surface area contributed by atoms with Crippen LogP contribution in [-0.2, 0) is 0 Å². The van der Waals surface area contributed by atoms with Gasteiger partial charge in [-0.05, 0) is 12.3 Å². The highest BCUT2D eigenvalue weighted by atomic mass is 16.1. The van der Waals surface area contributed by atoms with Crippen LogP contribution in [0.3, 0.4) is 0 Å². The molecule has 1 aromatic heterocycles. The summed E-state index contributed by atoms with van der Waals surface area (Å²) in [7, 11) is 0. The average Bonchev–Trinajstić information content (AvgIpc) is 2.58. The Hall–Kier alpha value is -1.36. The summed E-state index contributed by atoms with van der Waals surface area (Å²) in [5.41, 5.74) is 6.94. The van der Waals surface area contributed by atoms with E-state index in [2.05, 4.69) is 15.5 Å². The Balaban J connectivity index is 2.74. The number of aromatic nitrogens is 2. The number of nitrogens with zero attached hydrogens (tertiary/aromatic N) is 1. The molecule has 0 aliphatic rings. The number of carbonyl (C=O) groups excluding carboxylic acids is 1. The van der Waals surface area contributed by atoms with E-state index in [4.69, 9.17) is 5.73 Å². The molecule has 1 aromatic rings. The maximum Gasteiger partial charge on any atom is 0.255 e. The van der Waals surface area contributed by atoms with E-state index in [1.807, 2.05) is 27.7 Å². The summed E-state index contributed by atoms with van der Waals surface area (Å²) in [6, 6.07) is -0.0469. The second-order valence-corrected chi connectivity index (χ2v) is 5.04. The van der Waals surface area contributed by atoms with Crippen molar-refractivity contribution in [3.05, 3.63) is 17.5 Å². The summed E-state index contributed by atoms with van der Waals surface area (Å²) < 4.78 is 0. The van der Waals surface area contributed by atoms with Crippen molar-refractivity contribution in [3.8, 4) is 0 Å². The molecule has 1 unspecified atom stereocenters. The second kappa shape index (κ2) is 4.65. The molecule has 1 heterocycles. The normalized spacial score (nSPS) is 13.6. The number of carbonyl (C=O) groups is 1. The Morgan fingerprint density at radius 3 is 2.62 bits per heavy atom. The van der Waals surface area contributed by atoms with E-state index in [0.717, 1.165) is 5.69 Å². The van der Waals surface area contributed by atoms with Crippen LogP contribution < -0.4 is 11.1 Å². The number of aryl methyl sites for hydroxylation is 1. The number of nitrogens with two attached hydrogens (primary N) is 1. The molecule has 0 aromatic carbocycles. The predicted octanol–water partition coefficient (Wildman–Crippen LogP) is 0.821. The molecule has 1 rings (SSSR count). The van der Waals surface area contributed by atoms with Crippen molar-refractivity contribution in [2.75, 3.05) is 6.54 Å². The quantitative estimate of drug-likeness (QED) is 0.710. The summed E-state index contributed by atoms with van der Waals surface area (Å²) in [4.78, 5) is 11.9. The smallest absolute Gasteiger partial charge is 0.255 e. The third-order valence-electron chi connectivity index (χ3n) is 2.66. The molecule has 0 bridgehead atoms. The van der Waals surface area contributed by atoms with E-state index in [-0.39, 0.29) is 17.4 Å². The van der Waals surface area contributed by atoms with Crippen LogP contribution in [0.2, 0.25) is 0 Å². The molecule has 5 nitrogen and oxygen atoms in total. The first-order chi connectivity index (χ1) is 7.36. The largest absolute Gasteiger partial charge is 0.347 e. The fraction of sp³-hybridized carbons (Fsp3) is 0.636. The fourth-order valence-corrected chi connectivity index (χ4v) is 1.44. The van der Waals surface area contributed by atoms with Crippen LogP contribution in [0.1, 0.15) is 36.8 Å². The van der Waals surface area contributed by atoms with E-state index in [1.165, 1.54) is 6.20 Å². The maximum atomic E-state index is 11.9. The Morgan fingerprint density at radius 1 is 1.62 bits per heavy atom. The van der Waals surface area contributed by atoms with Gasteiger partial charge in [-0.2, -0.15) is 5.10 Å². The van der Waals surface area contributed by atoms with Crippen molar-refractivity contribution in [3.63, 3.8) is 0 Å². The van der Waals surface area contributed by atoms with Gasteiger partial charge in [0, 0.05) is 18.3 Å². The van der Waals surface area contributed by atoms with Crippen LogP contribution in [0.15, 0.2) is 6.20 Å². The van der Waals surface area contributed by atoms with Crippen LogP contribution >= 0.6 is 0 Å². The van der Waals surface area contributed by atoms with Gasteiger partial charge < -0.3 is 11.1 Å². The molecule has 0 saturated heterocycles. The molecule has 1 atom stereocenters. The highest BCUT2D eigenvalue weighted by Crippen LogP contribution is 2.18. The minimum absolute atomic E-state index is 0.0469. The zero-order valence-electron chi connectivity index (χ0n) is 10.3. The monoisotopic (exact) mass is 224 g/mol. The summed E-state index contributed by atoms with van der Waals surface area (Å²) in [5.74, 6) is -0.128. The number of H-pyrrole nitrogens is 1. The number of nitrogens with one attached hydrogen (secondary N) is 2. The lowest BCUT2D eigenvalue weighted by atomic mass is 9.86. The predicted molar refractivity (Wildman–Crippen MR) is 63.1 cm³/mol. The Kier molecular flexibility index (Phi) is 3.70. The molecule has 0 radical (unpaired) electrons. The van der Waals surface area contributed by atoms with Gasteiger partial charge in [-0.25, -0.2) is 0 Å². The summed E-state index contributed by atoms with van der Waals surface area (Å²) in [6.45, 7) is 8.38. The third kappa shape index (κ3) is 2.82. The first-order valence-corrected chi connectivity index (χ1v) is 5.37. The minimum Gasteiger partial charge on any atom is -0.347 e. The lowest BCUT2D eigenvalue weighted by Crippen LogP contribution is -2.48.